The van der Waals surface area contributed by atoms with E-state index >= 15 is 0 Å². The molecule has 5 heteroatoms. The molecule has 0 amide bonds. The summed E-state index contributed by atoms with van der Waals surface area (Å²) in [4.78, 5) is 13.1. The van der Waals surface area contributed by atoms with Crippen LogP contribution in [-0.2, 0) is 6.42 Å². The third-order valence-electron chi connectivity index (χ3n) is 1.17. The molecule has 0 unspecified atom stereocenters. The van der Waals surface area contributed by atoms with Crippen LogP contribution >= 0.6 is 0 Å². The van der Waals surface area contributed by atoms with E-state index in [0.717, 1.165) is 0 Å². The molecule has 0 atom stereocenters. The van der Waals surface area contributed by atoms with E-state index in [-0.39, 0.29) is 11.2 Å². The molecule has 1 heterocycles. The van der Waals surface area contributed by atoms with Crippen molar-refractivity contribution in [3.63, 3.8) is 0 Å². The van der Waals surface area contributed by atoms with Crippen LogP contribution in [0.5, 0.6) is 0 Å². The molecule has 0 aromatic carbocycles. The maximum atomic E-state index is 10.6. The van der Waals surface area contributed by atoms with E-state index in [9.17, 15) is 4.79 Å². The monoisotopic (exact) mass is 156 g/mol. The highest BCUT2D eigenvalue weighted by atomic mass is 16.1. The normalized spacial score (nSPS) is 11.9. The van der Waals surface area contributed by atoms with Gasteiger partial charge in [0.15, 0.2) is 0 Å². The summed E-state index contributed by atoms with van der Waals surface area (Å²) >= 11 is 0. The first-order valence-electron chi connectivity index (χ1n) is 3.40. The van der Waals surface area contributed by atoms with E-state index in [1.54, 1.807) is 0 Å². The van der Waals surface area contributed by atoms with Gasteiger partial charge in [0.05, 0.1) is 0 Å². The zero-order valence-corrected chi connectivity index (χ0v) is 6.64. The van der Waals surface area contributed by atoms with Crippen LogP contribution in [0, 0.1) is 0 Å². The van der Waals surface area contributed by atoms with Gasteiger partial charge in [0.25, 0.3) is 0 Å². The summed E-state index contributed by atoms with van der Waals surface area (Å²) in [6.07, 6.45) is 0.561. The molecule has 4 N–H and O–H groups in total. The van der Waals surface area contributed by atoms with Crippen LogP contribution in [0.25, 0.3) is 0 Å². The first kappa shape index (κ1) is 8.00. The van der Waals surface area contributed by atoms with E-state index < -0.39 is 0 Å². The average Bonchev–Trinajstić information content (AvgIpc) is 2.10. The minimum atomic E-state index is -0.335. The SMILES string of the molecule is CC(C)(N)Cc1n[nH]c(=O)[nH]1. The second kappa shape index (κ2) is 2.50. The van der Waals surface area contributed by atoms with Gasteiger partial charge < -0.3 is 5.73 Å². The van der Waals surface area contributed by atoms with Crippen molar-refractivity contribution >= 4 is 0 Å². The Kier molecular flexibility index (Phi) is 1.82. The lowest BCUT2D eigenvalue weighted by molar-refractivity contribution is 0.503. The lowest BCUT2D eigenvalue weighted by Crippen LogP contribution is -2.34. The molecule has 1 aromatic heterocycles. The molecule has 0 fully saturated rings. The molecule has 0 saturated heterocycles. The Hall–Kier alpha value is -1.10. The Bertz CT molecular complexity index is 279. The van der Waals surface area contributed by atoms with E-state index in [1.165, 1.54) is 0 Å². The van der Waals surface area contributed by atoms with Crippen molar-refractivity contribution in [2.24, 2.45) is 5.73 Å². The minimum absolute atomic E-state index is 0.288. The molecule has 62 valence electrons. The van der Waals surface area contributed by atoms with Gasteiger partial charge in [0.1, 0.15) is 5.82 Å². The van der Waals surface area contributed by atoms with Crippen LogP contribution in [0.1, 0.15) is 19.7 Å². The van der Waals surface area contributed by atoms with Gasteiger partial charge in [-0.25, -0.2) is 9.89 Å². The number of hydrogen-bond acceptors (Lipinski definition) is 3. The van der Waals surface area contributed by atoms with Gasteiger partial charge in [-0.2, -0.15) is 5.10 Å². The van der Waals surface area contributed by atoms with Crippen LogP contribution in [0.2, 0.25) is 0 Å². The number of H-pyrrole nitrogens is 2. The summed E-state index contributed by atoms with van der Waals surface area (Å²) in [7, 11) is 0. The van der Waals surface area contributed by atoms with Gasteiger partial charge in [0, 0.05) is 12.0 Å². The molecule has 0 aliphatic heterocycles. The fraction of sp³-hybridized carbons (Fsp3) is 0.667. The molecular formula is C6H12N4O. The number of aromatic nitrogens is 3. The number of aromatic amines is 2. The van der Waals surface area contributed by atoms with Crippen molar-refractivity contribution in [1.29, 1.82) is 0 Å². The number of hydrogen-bond donors (Lipinski definition) is 3. The fourth-order valence-corrected chi connectivity index (χ4v) is 0.820. The third-order valence-corrected chi connectivity index (χ3v) is 1.17. The van der Waals surface area contributed by atoms with Crippen molar-refractivity contribution in [2.75, 3.05) is 0 Å². The molecule has 0 aliphatic carbocycles. The minimum Gasteiger partial charge on any atom is -0.325 e. The first-order valence-corrected chi connectivity index (χ1v) is 3.40. The molecular weight excluding hydrogens is 144 g/mol. The molecule has 11 heavy (non-hydrogen) atoms. The Morgan fingerprint density at radius 2 is 2.27 bits per heavy atom. The highest BCUT2D eigenvalue weighted by molar-refractivity contribution is 4.90. The van der Waals surface area contributed by atoms with Crippen molar-refractivity contribution in [1.82, 2.24) is 15.2 Å². The number of nitrogens with zero attached hydrogens (tertiary/aromatic N) is 1. The lowest BCUT2D eigenvalue weighted by Gasteiger charge is -2.15. The van der Waals surface area contributed by atoms with Crippen LogP contribution in [-0.4, -0.2) is 20.7 Å². The van der Waals surface area contributed by atoms with Crippen molar-refractivity contribution in [2.45, 2.75) is 25.8 Å². The van der Waals surface area contributed by atoms with Crippen molar-refractivity contribution < 1.29 is 0 Å². The maximum absolute atomic E-state index is 10.6. The summed E-state index contributed by atoms with van der Waals surface area (Å²) in [6.45, 7) is 3.75. The largest absolute Gasteiger partial charge is 0.340 e. The Morgan fingerprint density at radius 3 is 2.64 bits per heavy atom. The molecule has 0 spiro atoms. The zero-order chi connectivity index (χ0) is 8.48. The summed E-state index contributed by atoms with van der Waals surface area (Å²) in [5.41, 5.74) is 5.08. The summed E-state index contributed by atoms with van der Waals surface area (Å²) < 4.78 is 0. The zero-order valence-electron chi connectivity index (χ0n) is 6.64. The highest BCUT2D eigenvalue weighted by Gasteiger charge is 2.13. The molecule has 5 nitrogen and oxygen atoms in total. The predicted octanol–water partition coefficient (Wildman–Crippen LogP) is -0.622. The van der Waals surface area contributed by atoms with Crippen LogP contribution in [0.3, 0.4) is 0 Å². The standard InChI is InChI=1S/C6H12N4O/c1-6(2,7)3-4-8-5(11)10-9-4/h3,7H2,1-2H3,(H2,8,9,10,11). The highest BCUT2D eigenvalue weighted by Crippen LogP contribution is 2.02. The topological polar surface area (TPSA) is 87.6 Å². The van der Waals surface area contributed by atoms with Gasteiger partial charge in [-0.3, -0.25) is 4.98 Å². The van der Waals surface area contributed by atoms with Crippen molar-refractivity contribution in [3.8, 4) is 0 Å². The molecule has 0 bridgehead atoms. The van der Waals surface area contributed by atoms with Crippen LogP contribution in [0.4, 0.5) is 0 Å². The van der Waals surface area contributed by atoms with E-state index in [4.69, 9.17) is 5.73 Å². The predicted molar refractivity (Wildman–Crippen MR) is 41.2 cm³/mol. The van der Waals surface area contributed by atoms with Gasteiger partial charge >= 0.3 is 5.69 Å². The molecule has 1 aromatic rings. The number of rotatable bonds is 2. The van der Waals surface area contributed by atoms with E-state index in [1.807, 2.05) is 13.8 Å². The Balaban J connectivity index is 2.73. The van der Waals surface area contributed by atoms with Crippen LogP contribution < -0.4 is 11.4 Å². The molecule has 0 radical (unpaired) electrons. The smallest absolute Gasteiger partial charge is 0.325 e. The third kappa shape index (κ3) is 2.55. The maximum Gasteiger partial charge on any atom is 0.340 e. The lowest BCUT2D eigenvalue weighted by atomic mass is 10.0. The van der Waals surface area contributed by atoms with Crippen LogP contribution in [0.15, 0.2) is 4.79 Å². The first-order chi connectivity index (χ1) is 4.97. The number of nitrogens with one attached hydrogen (secondary N) is 2. The fourth-order valence-electron chi connectivity index (χ4n) is 0.820. The van der Waals surface area contributed by atoms with E-state index in [0.29, 0.717) is 12.2 Å². The molecule has 1 rings (SSSR count). The second-order valence-electron chi connectivity index (χ2n) is 3.29. The van der Waals surface area contributed by atoms with Crippen molar-refractivity contribution in [3.05, 3.63) is 16.3 Å². The van der Waals surface area contributed by atoms with Gasteiger partial charge in [-0.1, -0.05) is 0 Å². The van der Waals surface area contributed by atoms with Gasteiger partial charge in [-0.05, 0) is 13.8 Å². The van der Waals surface area contributed by atoms with Gasteiger partial charge in [-0.15, -0.1) is 0 Å². The van der Waals surface area contributed by atoms with Gasteiger partial charge in [0.2, 0.25) is 0 Å². The summed E-state index contributed by atoms with van der Waals surface area (Å²) in [5.74, 6) is 0.600. The molecule has 0 aliphatic rings. The second-order valence-corrected chi connectivity index (χ2v) is 3.29. The summed E-state index contributed by atoms with van der Waals surface area (Å²) in [5, 5.41) is 6.00. The Morgan fingerprint density at radius 1 is 1.64 bits per heavy atom. The average molecular weight is 156 g/mol. The van der Waals surface area contributed by atoms with E-state index in [2.05, 4.69) is 15.2 Å². The number of nitrogens with two attached hydrogens (primary N) is 1. The molecule has 0 saturated carbocycles. The quantitative estimate of drug-likeness (QED) is 0.533. The Labute approximate surface area is 64.0 Å². The summed E-state index contributed by atoms with van der Waals surface area (Å²) in [6, 6.07) is 0.